The summed E-state index contributed by atoms with van der Waals surface area (Å²) in [7, 11) is 1.52. The molecule has 202 valence electrons. The Kier molecular flexibility index (Phi) is 10.3. The molecular weight excluding hydrogens is 476 g/mol. The topological polar surface area (TPSA) is 128 Å². The number of rotatable bonds is 14. The number of carboxylic acids is 1. The van der Waals surface area contributed by atoms with Crippen molar-refractivity contribution >= 4 is 17.8 Å². The second kappa shape index (κ2) is 13.4. The van der Waals surface area contributed by atoms with Crippen molar-refractivity contribution in [3.05, 3.63) is 42.4 Å². The number of esters is 1. The van der Waals surface area contributed by atoms with Gasteiger partial charge in [-0.25, -0.2) is 9.78 Å². The molecule has 1 amide bonds. The predicted molar refractivity (Wildman–Crippen MR) is 137 cm³/mol. The molecule has 1 saturated carbocycles. The highest BCUT2D eigenvalue weighted by Crippen LogP contribution is 2.44. The molecule has 1 heterocycles. The molecule has 0 spiro atoms. The van der Waals surface area contributed by atoms with Crippen molar-refractivity contribution in [2.24, 2.45) is 17.3 Å². The van der Waals surface area contributed by atoms with Gasteiger partial charge in [0.15, 0.2) is 11.7 Å². The number of carbonyl (C=O) groups excluding carboxylic acids is 2. The first kappa shape index (κ1) is 28.4. The van der Waals surface area contributed by atoms with E-state index in [1.807, 2.05) is 44.2 Å². The van der Waals surface area contributed by atoms with Gasteiger partial charge in [0.2, 0.25) is 5.91 Å². The maximum atomic E-state index is 13.7. The van der Waals surface area contributed by atoms with Crippen molar-refractivity contribution in [1.82, 2.24) is 10.3 Å². The highest BCUT2D eigenvalue weighted by atomic mass is 16.5. The van der Waals surface area contributed by atoms with Crippen LogP contribution in [0.2, 0.25) is 0 Å². The van der Waals surface area contributed by atoms with E-state index in [0.29, 0.717) is 37.5 Å². The summed E-state index contributed by atoms with van der Waals surface area (Å²) in [6, 6.07) is 8.47. The van der Waals surface area contributed by atoms with E-state index in [-0.39, 0.29) is 31.3 Å². The van der Waals surface area contributed by atoms with E-state index < -0.39 is 29.3 Å². The van der Waals surface area contributed by atoms with Crippen LogP contribution in [-0.4, -0.2) is 54.3 Å². The number of methoxy groups -OCH3 is 1. The van der Waals surface area contributed by atoms with E-state index >= 15 is 0 Å². The van der Waals surface area contributed by atoms with Gasteiger partial charge in [-0.05, 0) is 31.6 Å². The van der Waals surface area contributed by atoms with Gasteiger partial charge in [0.05, 0.1) is 30.6 Å². The standard InChI is InChI=1S/C28H38N2O7/c1-19(2)18-36-26(33)22(15-24-29-17-23(37-24)20-9-5-4-6-10-20)30-27(34)28(12-7-8-13-28)16-21(25(31)32)11-14-35-3/h4-6,9-10,17,19,21-22H,7-8,11-16,18H2,1-3H3,(H,30,34)(H,31,32). The van der Waals surface area contributed by atoms with Crippen LogP contribution in [0.5, 0.6) is 0 Å². The number of benzene rings is 1. The number of aliphatic carboxylic acids is 1. The van der Waals surface area contributed by atoms with E-state index in [9.17, 15) is 19.5 Å². The highest BCUT2D eigenvalue weighted by molar-refractivity contribution is 5.89. The molecule has 2 atom stereocenters. The zero-order chi connectivity index (χ0) is 26.8. The van der Waals surface area contributed by atoms with Gasteiger partial charge in [-0.15, -0.1) is 0 Å². The van der Waals surface area contributed by atoms with Crippen LogP contribution in [0.3, 0.4) is 0 Å². The van der Waals surface area contributed by atoms with Crippen LogP contribution in [-0.2, 0) is 30.3 Å². The van der Waals surface area contributed by atoms with Gasteiger partial charge in [-0.3, -0.25) is 9.59 Å². The van der Waals surface area contributed by atoms with Crippen LogP contribution >= 0.6 is 0 Å². The maximum Gasteiger partial charge on any atom is 0.329 e. The zero-order valence-electron chi connectivity index (χ0n) is 21.9. The smallest absolute Gasteiger partial charge is 0.329 e. The lowest BCUT2D eigenvalue weighted by Crippen LogP contribution is -2.50. The minimum absolute atomic E-state index is 0.0254. The van der Waals surface area contributed by atoms with Gasteiger partial charge in [0.1, 0.15) is 6.04 Å². The molecule has 2 N–H and O–H groups in total. The average Bonchev–Trinajstić information content (AvgIpc) is 3.55. The van der Waals surface area contributed by atoms with Crippen LogP contribution in [0.1, 0.15) is 58.3 Å². The fourth-order valence-electron chi connectivity index (χ4n) is 4.79. The Morgan fingerprint density at radius 2 is 1.86 bits per heavy atom. The van der Waals surface area contributed by atoms with Crippen molar-refractivity contribution in [3.63, 3.8) is 0 Å². The number of nitrogens with one attached hydrogen (secondary N) is 1. The van der Waals surface area contributed by atoms with Gasteiger partial charge >= 0.3 is 11.9 Å². The number of hydrogen-bond acceptors (Lipinski definition) is 7. The first-order valence-corrected chi connectivity index (χ1v) is 12.9. The summed E-state index contributed by atoms with van der Waals surface area (Å²) in [4.78, 5) is 42.9. The average molecular weight is 515 g/mol. The maximum absolute atomic E-state index is 13.7. The van der Waals surface area contributed by atoms with Crippen LogP contribution < -0.4 is 5.32 Å². The second-order valence-corrected chi connectivity index (χ2v) is 10.2. The van der Waals surface area contributed by atoms with E-state index in [1.54, 1.807) is 6.20 Å². The zero-order valence-corrected chi connectivity index (χ0v) is 21.9. The van der Waals surface area contributed by atoms with Gasteiger partial charge in [0, 0.05) is 19.3 Å². The number of oxazole rings is 1. The Morgan fingerprint density at radius 3 is 2.49 bits per heavy atom. The van der Waals surface area contributed by atoms with Gasteiger partial charge in [0.25, 0.3) is 0 Å². The first-order chi connectivity index (χ1) is 17.7. The minimum atomic E-state index is -1.01. The molecule has 1 aromatic heterocycles. The van der Waals surface area contributed by atoms with Crippen molar-refractivity contribution in [2.45, 2.75) is 64.8 Å². The van der Waals surface area contributed by atoms with Gasteiger partial charge in [-0.1, -0.05) is 57.0 Å². The number of ether oxygens (including phenoxy) is 2. The monoisotopic (exact) mass is 514 g/mol. The normalized spacial score (nSPS) is 16.3. The summed E-state index contributed by atoms with van der Waals surface area (Å²) in [6.07, 6.45) is 4.93. The summed E-state index contributed by atoms with van der Waals surface area (Å²) in [5.74, 6) is -1.56. The fourth-order valence-corrected chi connectivity index (χ4v) is 4.79. The van der Waals surface area contributed by atoms with Crippen LogP contribution in [0.15, 0.2) is 40.9 Å². The first-order valence-electron chi connectivity index (χ1n) is 12.9. The third-order valence-electron chi connectivity index (χ3n) is 6.84. The van der Waals surface area contributed by atoms with E-state index in [4.69, 9.17) is 13.9 Å². The molecule has 2 aromatic rings. The highest BCUT2D eigenvalue weighted by Gasteiger charge is 2.45. The third-order valence-corrected chi connectivity index (χ3v) is 6.84. The Balaban J connectivity index is 1.79. The lowest BCUT2D eigenvalue weighted by molar-refractivity contribution is -0.151. The number of nitrogens with zero attached hydrogens (tertiary/aromatic N) is 1. The summed E-state index contributed by atoms with van der Waals surface area (Å²) in [5.41, 5.74) is -0.0102. The van der Waals surface area contributed by atoms with E-state index in [0.717, 1.165) is 18.4 Å². The molecule has 9 nitrogen and oxygen atoms in total. The SMILES string of the molecule is COCCC(CC1(C(=O)NC(Cc2ncc(-c3ccccc3)o2)C(=O)OCC(C)C)CCCC1)C(=O)O. The van der Waals surface area contributed by atoms with Gasteiger partial charge in [-0.2, -0.15) is 0 Å². The van der Waals surface area contributed by atoms with Crippen LogP contribution in [0.4, 0.5) is 0 Å². The molecule has 9 heteroatoms. The van der Waals surface area contributed by atoms with Crippen molar-refractivity contribution in [3.8, 4) is 11.3 Å². The Hall–Kier alpha value is -3.20. The molecule has 1 fully saturated rings. The van der Waals surface area contributed by atoms with Crippen molar-refractivity contribution < 1.29 is 33.4 Å². The molecule has 1 aromatic carbocycles. The Labute approximate surface area is 217 Å². The molecule has 0 saturated heterocycles. The number of aromatic nitrogens is 1. The molecule has 1 aliphatic carbocycles. The molecule has 0 bridgehead atoms. The molecule has 0 radical (unpaired) electrons. The summed E-state index contributed by atoms with van der Waals surface area (Å²) in [5, 5.41) is 12.6. The summed E-state index contributed by atoms with van der Waals surface area (Å²) >= 11 is 0. The van der Waals surface area contributed by atoms with Crippen molar-refractivity contribution in [1.29, 1.82) is 0 Å². The predicted octanol–water partition coefficient (Wildman–Crippen LogP) is 4.26. The van der Waals surface area contributed by atoms with E-state index in [2.05, 4.69) is 10.3 Å². The lowest BCUT2D eigenvalue weighted by atomic mass is 9.75. The van der Waals surface area contributed by atoms with Crippen molar-refractivity contribution in [2.75, 3.05) is 20.3 Å². The van der Waals surface area contributed by atoms with E-state index in [1.165, 1.54) is 7.11 Å². The summed E-state index contributed by atoms with van der Waals surface area (Å²) in [6.45, 7) is 4.38. The second-order valence-electron chi connectivity index (χ2n) is 10.2. The molecule has 37 heavy (non-hydrogen) atoms. The Bertz CT molecular complexity index is 1030. The third kappa shape index (κ3) is 7.89. The Morgan fingerprint density at radius 1 is 1.16 bits per heavy atom. The number of carboxylic acid groups (broad SMARTS) is 1. The number of hydrogen-bond donors (Lipinski definition) is 2. The molecular formula is C28H38N2O7. The van der Waals surface area contributed by atoms with Crippen LogP contribution in [0.25, 0.3) is 11.3 Å². The van der Waals surface area contributed by atoms with Crippen LogP contribution in [0, 0.1) is 17.3 Å². The summed E-state index contributed by atoms with van der Waals surface area (Å²) < 4.78 is 16.4. The van der Waals surface area contributed by atoms with Gasteiger partial charge < -0.3 is 24.3 Å². The fraction of sp³-hybridized carbons (Fsp3) is 0.571. The molecule has 3 rings (SSSR count). The lowest BCUT2D eigenvalue weighted by Gasteiger charge is -2.32. The number of carbonyl (C=O) groups is 3. The molecule has 2 unspecified atom stereocenters. The number of amides is 1. The quantitative estimate of drug-likeness (QED) is 0.358. The largest absolute Gasteiger partial charge is 0.481 e. The molecule has 0 aliphatic heterocycles. The molecule has 1 aliphatic rings. The minimum Gasteiger partial charge on any atom is -0.481 e.